The molecule has 0 radical (unpaired) electrons. The Morgan fingerprint density at radius 3 is 2.65 bits per heavy atom. The molecule has 0 saturated heterocycles. The average Bonchev–Trinajstić information content (AvgIpc) is 2.53. The summed E-state index contributed by atoms with van der Waals surface area (Å²) in [6.45, 7) is -0.201. The molecule has 0 spiro atoms. The van der Waals surface area contributed by atoms with Gasteiger partial charge in [0, 0.05) is 24.2 Å². The average molecular weight is 319 g/mol. The van der Waals surface area contributed by atoms with Crippen LogP contribution in [-0.2, 0) is 6.54 Å². The summed E-state index contributed by atoms with van der Waals surface area (Å²) < 4.78 is 18.3. The first-order valence-electron chi connectivity index (χ1n) is 6.48. The van der Waals surface area contributed by atoms with Crippen LogP contribution in [0.15, 0.2) is 36.4 Å². The topological polar surface area (TPSA) is 105 Å². The summed E-state index contributed by atoms with van der Waals surface area (Å²) in [6, 6.07) is 6.91. The molecule has 0 saturated carbocycles. The molecule has 1 amide bonds. The van der Waals surface area contributed by atoms with Crippen LogP contribution in [0.3, 0.4) is 0 Å². The molecular weight excluding hydrogens is 307 g/mol. The molecule has 0 aromatic heterocycles. The zero-order valence-electron chi connectivity index (χ0n) is 12.0. The predicted molar refractivity (Wildman–Crippen MR) is 76.7 cm³/mol. The molecule has 0 heterocycles. The van der Waals surface area contributed by atoms with Gasteiger partial charge in [0.1, 0.15) is 0 Å². The van der Waals surface area contributed by atoms with Gasteiger partial charge in [0.05, 0.1) is 12.0 Å². The minimum Gasteiger partial charge on any atom is -0.872 e. The molecule has 0 aliphatic rings. The zero-order valence-corrected chi connectivity index (χ0v) is 12.0. The van der Waals surface area contributed by atoms with E-state index in [-0.39, 0.29) is 29.1 Å². The lowest BCUT2D eigenvalue weighted by atomic mass is 10.1. The third-order valence-corrected chi connectivity index (χ3v) is 3.11. The Bertz CT molecular complexity index is 764. The zero-order chi connectivity index (χ0) is 17.0. The van der Waals surface area contributed by atoms with Gasteiger partial charge in [0.2, 0.25) is 0 Å². The van der Waals surface area contributed by atoms with E-state index in [0.29, 0.717) is 0 Å². The number of hydrogen-bond acceptors (Lipinski definition) is 5. The Kier molecular flexibility index (Phi) is 4.75. The van der Waals surface area contributed by atoms with Crippen LogP contribution in [0.1, 0.15) is 15.9 Å². The highest BCUT2D eigenvalue weighted by atomic mass is 19.1. The van der Waals surface area contributed by atoms with Gasteiger partial charge in [0.25, 0.3) is 11.6 Å². The Balaban J connectivity index is 2.11. The molecule has 7 nitrogen and oxygen atoms in total. The molecular formula is C15H12FN2O5-. The van der Waals surface area contributed by atoms with Crippen LogP contribution in [0.2, 0.25) is 0 Å². The van der Waals surface area contributed by atoms with E-state index in [1.165, 1.54) is 19.2 Å². The maximum Gasteiger partial charge on any atom is 0.269 e. The smallest absolute Gasteiger partial charge is 0.269 e. The van der Waals surface area contributed by atoms with E-state index in [4.69, 9.17) is 4.74 Å². The number of nitrogens with one attached hydrogen (secondary N) is 1. The summed E-state index contributed by atoms with van der Waals surface area (Å²) in [5.41, 5.74) is -0.132. The minimum absolute atomic E-state index is 0.00192. The number of hydrogen-bond donors (Lipinski definition) is 1. The molecule has 2 aromatic carbocycles. The van der Waals surface area contributed by atoms with Gasteiger partial charge in [-0.15, -0.1) is 5.75 Å². The Labute approximate surface area is 130 Å². The quantitative estimate of drug-likeness (QED) is 0.667. The van der Waals surface area contributed by atoms with Gasteiger partial charge in [0.15, 0.2) is 11.6 Å². The van der Waals surface area contributed by atoms with Crippen LogP contribution in [0.5, 0.6) is 11.5 Å². The summed E-state index contributed by atoms with van der Waals surface area (Å²) >= 11 is 0. The predicted octanol–water partition coefficient (Wildman–Crippen LogP) is 1.75. The Hall–Kier alpha value is -3.16. The lowest BCUT2D eigenvalue weighted by molar-refractivity contribution is -0.385. The van der Waals surface area contributed by atoms with E-state index in [2.05, 4.69) is 5.32 Å². The van der Waals surface area contributed by atoms with E-state index in [0.717, 1.165) is 24.3 Å². The second-order valence-electron chi connectivity index (χ2n) is 4.58. The number of rotatable bonds is 5. The second-order valence-corrected chi connectivity index (χ2v) is 4.58. The Morgan fingerprint density at radius 1 is 1.30 bits per heavy atom. The van der Waals surface area contributed by atoms with Gasteiger partial charge in [-0.1, -0.05) is 6.07 Å². The summed E-state index contributed by atoms with van der Waals surface area (Å²) in [5.74, 6) is -1.74. The largest absolute Gasteiger partial charge is 0.872 e. The van der Waals surface area contributed by atoms with E-state index in [9.17, 15) is 24.4 Å². The molecule has 0 fully saturated rings. The second kappa shape index (κ2) is 6.73. The first kappa shape index (κ1) is 16.2. The summed E-state index contributed by atoms with van der Waals surface area (Å²) in [6.07, 6.45) is 0. The number of amides is 1. The van der Waals surface area contributed by atoms with Gasteiger partial charge >= 0.3 is 0 Å². The van der Waals surface area contributed by atoms with Gasteiger partial charge in [-0.05, 0) is 23.8 Å². The van der Waals surface area contributed by atoms with Crippen molar-refractivity contribution in [3.63, 3.8) is 0 Å². The van der Waals surface area contributed by atoms with E-state index >= 15 is 0 Å². The molecule has 2 aromatic rings. The molecule has 23 heavy (non-hydrogen) atoms. The maximum absolute atomic E-state index is 13.5. The van der Waals surface area contributed by atoms with Crippen LogP contribution >= 0.6 is 0 Å². The number of carbonyl (C=O) groups is 1. The number of halogens is 1. The van der Waals surface area contributed by atoms with Gasteiger partial charge in [-0.25, -0.2) is 4.39 Å². The molecule has 1 N–H and O–H groups in total. The summed E-state index contributed by atoms with van der Waals surface area (Å²) in [5, 5.41) is 24.7. The van der Waals surface area contributed by atoms with Crippen molar-refractivity contribution in [2.75, 3.05) is 7.11 Å². The van der Waals surface area contributed by atoms with Crippen LogP contribution in [-0.4, -0.2) is 17.9 Å². The molecule has 120 valence electrons. The minimum atomic E-state index is -0.694. The van der Waals surface area contributed by atoms with Crippen LogP contribution in [0.4, 0.5) is 10.1 Å². The Morgan fingerprint density at radius 2 is 2.04 bits per heavy atom. The van der Waals surface area contributed by atoms with Crippen molar-refractivity contribution in [2.24, 2.45) is 0 Å². The van der Waals surface area contributed by atoms with E-state index in [1.807, 2.05) is 0 Å². The third-order valence-electron chi connectivity index (χ3n) is 3.11. The van der Waals surface area contributed by atoms with Crippen molar-refractivity contribution in [3.05, 3.63) is 63.5 Å². The molecule has 0 aliphatic heterocycles. The van der Waals surface area contributed by atoms with Gasteiger partial charge in [-0.3, -0.25) is 14.9 Å². The molecule has 0 aliphatic carbocycles. The number of benzene rings is 2. The fourth-order valence-electron chi connectivity index (χ4n) is 1.90. The highest BCUT2D eigenvalue weighted by Crippen LogP contribution is 2.21. The number of methoxy groups -OCH3 is 1. The van der Waals surface area contributed by atoms with Crippen molar-refractivity contribution >= 4 is 11.6 Å². The first-order chi connectivity index (χ1) is 10.9. The number of non-ortho nitro benzene ring substituents is 1. The van der Waals surface area contributed by atoms with Gasteiger partial charge < -0.3 is 15.2 Å². The van der Waals surface area contributed by atoms with Crippen LogP contribution in [0.25, 0.3) is 0 Å². The number of nitro groups is 1. The van der Waals surface area contributed by atoms with Crippen molar-refractivity contribution < 1.29 is 24.0 Å². The van der Waals surface area contributed by atoms with Crippen LogP contribution < -0.4 is 15.2 Å². The number of ether oxygens (including phenoxy) is 1. The normalized spacial score (nSPS) is 10.2. The lowest BCUT2D eigenvalue weighted by Gasteiger charge is -2.13. The number of carbonyl (C=O) groups excluding carboxylic acids is 1. The van der Waals surface area contributed by atoms with Crippen LogP contribution in [0, 0.1) is 15.9 Å². The monoisotopic (exact) mass is 319 g/mol. The summed E-state index contributed by atoms with van der Waals surface area (Å²) in [4.78, 5) is 22.0. The first-order valence-corrected chi connectivity index (χ1v) is 6.48. The fraction of sp³-hybridized carbons (Fsp3) is 0.133. The standard InChI is InChI=1S/C15H13FN2O5/c1-23-14-5-2-9(7-12(14)16)15(20)17-8-10-6-11(18(21)22)3-4-13(10)19/h2-7,19H,8H2,1H3,(H,17,20)/p-1. The van der Waals surface area contributed by atoms with E-state index < -0.39 is 22.4 Å². The lowest BCUT2D eigenvalue weighted by Crippen LogP contribution is -2.23. The molecule has 0 atom stereocenters. The highest BCUT2D eigenvalue weighted by molar-refractivity contribution is 5.94. The SMILES string of the molecule is COc1ccc(C(=O)NCc2cc([N+](=O)[O-])ccc2[O-])cc1F. The third kappa shape index (κ3) is 3.73. The van der Waals surface area contributed by atoms with Crippen molar-refractivity contribution in [3.8, 4) is 11.5 Å². The number of nitro benzene ring substituents is 1. The highest BCUT2D eigenvalue weighted by Gasteiger charge is 2.11. The fourth-order valence-corrected chi connectivity index (χ4v) is 1.90. The summed E-state index contributed by atoms with van der Waals surface area (Å²) in [7, 11) is 1.30. The van der Waals surface area contributed by atoms with Crippen molar-refractivity contribution in [1.82, 2.24) is 5.32 Å². The van der Waals surface area contributed by atoms with Gasteiger partial charge in [-0.2, -0.15) is 0 Å². The van der Waals surface area contributed by atoms with Crippen molar-refractivity contribution in [1.29, 1.82) is 0 Å². The number of nitrogens with zero attached hydrogens (tertiary/aromatic N) is 1. The molecule has 0 unspecified atom stereocenters. The van der Waals surface area contributed by atoms with E-state index in [1.54, 1.807) is 0 Å². The van der Waals surface area contributed by atoms with Crippen molar-refractivity contribution in [2.45, 2.75) is 6.54 Å². The molecule has 8 heteroatoms. The molecule has 2 rings (SSSR count). The molecule has 0 bridgehead atoms. The maximum atomic E-state index is 13.5.